The Morgan fingerprint density at radius 3 is 1.87 bits per heavy atom. The summed E-state index contributed by atoms with van der Waals surface area (Å²) in [7, 11) is -3.00. The number of carbonyl (C=O) groups is 3. The van der Waals surface area contributed by atoms with Gasteiger partial charge in [0.05, 0.1) is 6.42 Å². The number of hydrogen-bond donors (Lipinski definition) is 1. The summed E-state index contributed by atoms with van der Waals surface area (Å²) in [6.45, 7) is 22.4. The molecule has 0 spiro atoms. The minimum atomic E-state index is -3.00. The van der Waals surface area contributed by atoms with Crippen LogP contribution in [0, 0.1) is 0 Å². The Labute approximate surface area is 458 Å². The quantitative estimate of drug-likeness (QED) is 0.0183. The van der Waals surface area contributed by atoms with Gasteiger partial charge in [0, 0.05) is 6.42 Å². The number of halogens is 4. The number of hydrogen-bond acceptors (Lipinski definition) is 9. The molecule has 0 fully saturated rings. The predicted octanol–water partition coefficient (Wildman–Crippen LogP) is 14.9. The van der Waals surface area contributed by atoms with E-state index in [9.17, 15) is 14.4 Å². The van der Waals surface area contributed by atoms with Crippen molar-refractivity contribution in [1.29, 1.82) is 0 Å². The van der Waals surface area contributed by atoms with Gasteiger partial charge in [-0.05, 0) is 31.8 Å². The Balaban J connectivity index is 2.02. The molecule has 9 nitrogen and oxygen atoms in total. The molecule has 0 bridgehead atoms. The Morgan fingerprint density at radius 2 is 1.39 bits per heavy atom. The number of aromatic nitrogens is 1. The van der Waals surface area contributed by atoms with Crippen LogP contribution in [0.4, 0.5) is 4.79 Å². The maximum atomic E-state index is 14.2. The summed E-state index contributed by atoms with van der Waals surface area (Å²) in [6, 6.07) is 20.2. The van der Waals surface area contributed by atoms with Crippen LogP contribution in [0.25, 0.3) is 0 Å². The first-order valence-electron chi connectivity index (χ1n) is 25.0. The van der Waals surface area contributed by atoms with Crippen LogP contribution in [-0.4, -0.2) is 84.0 Å². The van der Waals surface area contributed by atoms with Gasteiger partial charge in [0.1, 0.15) is 6.10 Å². The third-order valence-corrected chi connectivity index (χ3v) is 35.2. The van der Waals surface area contributed by atoms with Crippen molar-refractivity contribution < 1.29 is 33.0 Å². The first kappa shape index (κ1) is 62.6. The van der Waals surface area contributed by atoms with E-state index in [0.29, 0.717) is 19.3 Å². The number of esters is 2. The van der Waals surface area contributed by atoms with Crippen molar-refractivity contribution in [3.05, 3.63) is 96.6 Å². The third-order valence-electron chi connectivity index (χ3n) is 12.9. The second-order valence-corrected chi connectivity index (χ2v) is 41.6. The van der Waals surface area contributed by atoms with Gasteiger partial charge < -0.3 is 14.8 Å². The topological polar surface area (TPSA) is 113 Å². The van der Waals surface area contributed by atoms with Gasteiger partial charge in [-0.1, -0.05) is 63.0 Å². The molecule has 0 unspecified atom stereocenters. The molecule has 2 aromatic carbocycles. The molecule has 0 aliphatic rings. The zero-order valence-corrected chi connectivity index (χ0v) is 52.6. The normalized spacial score (nSPS) is 14.8. The maximum absolute atomic E-state index is 14.2. The molecule has 0 aliphatic carbocycles. The molecule has 0 saturated carbocycles. The molecule has 0 radical (unpaired) electrons. The zero-order valence-electron chi connectivity index (χ0n) is 43.5. The number of nitrogens with zero attached hydrogens (tertiary/aromatic N) is 1. The second kappa shape index (κ2) is 30.0. The number of rotatable bonds is 29. The molecule has 4 atom stereocenters. The summed E-state index contributed by atoms with van der Waals surface area (Å²) < 4.78 is 31.4. The number of alkyl halides is 3. The van der Waals surface area contributed by atoms with E-state index in [4.69, 9.17) is 58.4 Å². The van der Waals surface area contributed by atoms with Crippen molar-refractivity contribution in [2.45, 2.75) is 192 Å². The molecule has 16 heteroatoms. The van der Waals surface area contributed by atoms with E-state index in [1.165, 1.54) is 57.8 Å². The van der Waals surface area contributed by atoms with Crippen LogP contribution in [0.15, 0.2) is 85.9 Å². The predicted molar refractivity (Wildman–Crippen MR) is 307 cm³/mol. The van der Waals surface area contributed by atoms with Gasteiger partial charge >= 0.3 is 315 Å². The van der Waals surface area contributed by atoms with Gasteiger partial charge in [-0.25, -0.2) is 4.79 Å². The minimum absolute atomic E-state index is 0.117. The SMILES string of the molecule is CCC[CH2][Sn](/[CH]=C\C(=O)O[C@@H](CO[Si](c1ccccc1)(c1ccccc1)C(C)(C)C)Cc1nc([C@@H](C)C[C@H](CC(=O)O[C@@H](C)C/C(C)=C/I)NC(=O)OC(C)(C)C(Cl)(Cl)Cl)cs1)([CH2]CCC)[CH2]CCC. The molecule has 3 aromatic rings. The molecule has 1 N–H and O–H groups in total. The zero-order chi connectivity index (χ0) is 52.2. The molecule has 0 aliphatic heterocycles. The molecule has 70 heavy (non-hydrogen) atoms. The molecular formula is C54H80Cl3IN2O7SSiSn. The van der Waals surface area contributed by atoms with Crippen LogP contribution in [-0.2, 0) is 34.6 Å². The summed E-state index contributed by atoms with van der Waals surface area (Å²) in [6.07, 6.45) is 8.07. The van der Waals surface area contributed by atoms with Crippen LogP contribution < -0.4 is 15.7 Å². The van der Waals surface area contributed by atoms with E-state index in [1.54, 1.807) is 6.08 Å². The Bertz CT molecular complexity index is 2060. The van der Waals surface area contributed by atoms with E-state index in [-0.39, 0.29) is 36.1 Å². The van der Waals surface area contributed by atoms with Crippen molar-refractivity contribution in [3.63, 3.8) is 0 Å². The van der Waals surface area contributed by atoms with Crippen LogP contribution in [0.5, 0.6) is 0 Å². The number of unbranched alkanes of at least 4 members (excludes halogenated alkanes) is 3. The Hall–Kier alpha value is -1.66. The van der Waals surface area contributed by atoms with Gasteiger partial charge in [-0.2, -0.15) is 0 Å². The van der Waals surface area contributed by atoms with E-state index >= 15 is 0 Å². The fraction of sp³-hybridized carbons (Fsp3) is 0.593. The van der Waals surface area contributed by atoms with Crippen molar-refractivity contribution >= 4 is 124 Å². The molecule has 1 heterocycles. The summed E-state index contributed by atoms with van der Waals surface area (Å²) >= 11 is 19.2. The monoisotopic (exact) mass is 1280 g/mol. The van der Waals surface area contributed by atoms with Crippen molar-refractivity contribution in [3.8, 4) is 0 Å². The van der Waals surface area contributed by atoms with Gasteiger partial charge in [-0.15, -0.1) is 0 Å². The van der Waals surface area contributed by atoms with E-state index < -0.39 is 60.3 Å². The number of nitrogens with one attached hydrogen (secondary N) is 1. The van der Waals surface area contributed by atoms with Crippen LogP contribution in [0.2, 0.25) is 18.3 Å². The van der Waals surface area contributed by atoms with Crippen molar-refractivity contribution in [2.75, 3.05) is 6.61 Å². The number of benzene rings is 2. The fourth-order valence-electron chi connectivity index (χ4n) is 8.85. The van der Waals surface area contributed by atoms with Gasteiger partial charge in [0.15, 0.2) is 5.60 Å². The number of ether oxygens (including phenoxy) is 3. The summed E-state index contributed by atoms with van der Waals surface area (Å²) in [4.78, 5) is 46.0. The average Bonchev–Trinajstić information content (AvgIpc) is 3.77. The summed E-state index contributed by atoms with van der Waals surface area (Å²) in [5.41, 5.74) is 0.383. The number of thiazole rings is 1. The first-order valence-corrected chi connectivity index (χ1v) is 37.9. The van der Waals surface area contributed by atoms with Crippen LogP contribution in [0.3, 0.4) is 0 Å². The molecule has 1 aromatic heterocycles. The molecule has 1 amide bonds. The van der Waals surface area contributed by atoms with Gasteiger partial charge in [0.25, 0.3) is 0 Å². The van der Waals surface area contributed by atoms with Gasteiger partial charge in [0.2, 0.25) is 3.79 Å². The van der Waals surface area contributed by atoms with Gasteiger partial charge in [-0.3, -0.25) is 4.79 Å². The van der Waals surface area contributed by atoms with Crippen LogP contribution in [0.1, 0.15) is 151 Å². The van der Waals surface area contributed by atoms with E-state index in [2.05, 4.69) is 122 Å². The third kappa shape index (κ3) is 19.9. The Morgan fingerprint density at radius 1 is 0.843 bits per heavy atom. The first-order chi connectivity index (χ1) is 32.9. The number of alkyl carbamates (subject to hydrolysis) is 1. The van der Waals surface area contributed by atoms with Crippen molar-refractivity contribution in [1.82, 2.24) is 10.3 Å². The molecule has 3 rings (SSSR count). The summed E-state index contributed by atoms with van der Waals surface area (Å²) in [5.74, 6) is -1.03. The summed E-state index contributed by atoms with van der Waals surface area (Å²) in [5, 5.41) is 7.59. The standard InChI is InChI=1S/C42H53Cl3IN2O7SSi.3C4H9.Sn/c1-10-37(49)54-32(26-52-57(40(5,6)7,33-17-13-11-14-18-33)34-19-15-12-16-20-34)24-36-48-35(27-56-36)29(3)22-31(23-38(50)53-30(4)21-28(2)25-46)47-39(51)55-41(8,9)42(43,44)45;3*1-3-4-2;/h1,10-20,25,27,29-32H,21-24,26H2,2-9H3,(H,47,51);3*1,3-4H2,2H3;/b10-1?,28-25+;;;;/t29-,30-,31+,32+;;;;/m0..../s1. The molecule has 0 saturated heterocycles. The number of amides is 1. The number of carbonyl (C=O) groups excluding carboxylic acids is 3. The molecular weight excluding hydrogens is 1200 g/mol. The fourth-order valence-corrected chi connectivity index (χ4v) is 28.8. The second-order valence-electron chi connectivity index (χ2n) is 20.4. The molecule has 390 valence electrons. The average molecular weight is 1280 g/mol. The van der Waals surface area contributed by atoms with E-state index in [1.807, 2.05) is 42.4 Å². The van der Waals surface area contributed by atoms with E-state index in [0.717, 1.165) is 45.9 Å². The van der Waals surface area contributed by atoms with Crippen LogP contribution >= 0.6 is 68.7 Å². The van der Waals surface area contributed by atoms with Crippen molar-refractivity contribution in [2.24, 2.45) is 0 Å². The Kier molecular flexibility index (Phi) is 26.9.